The van der Waals surface area contributed by atoms with E-state index in [0.29, 0.717) is 32.1 Å². The normalized spacial score (nSPS) is 11.1. The first-order chi connectivity index (χ1) is 16.9. The van der Waals surface area contributed by atoms with Gasteiger partial charge < -0.3 is 9.47 Å². The molecule has 0 aromatic heterocycles. The number of methoxy groups -OCH3 is 1. The molecule has 4 rings (SSSR count). The summed E-state index contributed by atoms with van der Waals surface area (Å²) < 4.78 is 11.3. The largest absolute Gasteiger partial charge is 0.493 e. The van der Waals surface area contributed by atoms with E-state index in [9.17, 15) is 4.79 Å². The van der Waals surface area contributed by atoms with Crippen molar-refractivity contribution < 1.29 is 14.3 Å². The number of ether oxygens (including phenoxy) is 2. The molecule has 0 aliphatic rings. The molecule has 0 unspecified atom stereocenters. The zero-order valence-electron chi connectivity index (χ0n) is 18.7. The summed E-state index contributed by atoms with van der Waals surface area (Å²) in [5.41, 5.74) is 4.89. The van der Waals surface area contributed by atoms with Crippen LogP contribution in [0.5, 0.6) is 11.5 Å². The zero-order chi connectivity index (χ0) is 24.8. The second-order valence-corrected chi connectivity index (χ2v) is 8.92. The number of nitrogens with one attached hydrogen (secondary N) is 1. The number of hydrogen-bond acceptors (Lipinski definition) is 4. The molecular formula is C27H21Cl3N2O3. The van der Waals surface area contributed by atoms with Gasteiger partial charge in [-0.1, -0.05) is 83.3 Å². The molecule has 35 heavy (non-hydrogen) atoms. The van der Waals surface area contributed by atoms with E-state index in [1.165, 1.54) is 13.3 Å². The summed E-state index contributed by atoms with van der Waals surface area (Å²) in [5.74, 6) is 0.568. The molecule has 8 heteroatoms. The van der Waals surface area contributed by atoms with E-state index in [0.717, 1.165) is 21.9 Å². The molecule has 0 saturated carbocycles. The first kappa shape index (κ1) is 24.9. The van der Waals surface area contributed by atoms with E-state index in [4.69, 9.17) is 44.3 Å². The van der Waals surface area contributed by atoms with Crippen molar-refractivity contribution in [1.82, 2.24) is 5.43 Å². The smallest absolute Gasteiger partial charge is 0.244 e. The fourth-order valence-corrected chi connectivity index (χ4v) is 4.32. The molecule has 0 radical (unpaired) electrons. The van der Waals surface area contributed by atoms with Crippen molar-refractivity contribution >= 4 is 57.7 Å². The minimum atomic E-state index is -0.226. The van der Waals surface area contributed by atoms with Gasteiger partial charge in [0.05, 0.1) is 24.8 Å². The van der Waals surface area contributed by atoms with Crippen molar-refractivity contribution in [3.8, 4) is 11.5 Å². The van der Waals surface area contributed by atoms with E-state index >= 15 is 0 Å². The summed E-state index contributed by atoms with van der Waals surface area (Å²) >= 11 is 18.6. The Morgan fingerprint density at radius 3 is 2.54 bits per heavy atom. The number of hydrogen-bond donors (Lipinski definition) is 1. The van der Waals surface area contributed by atoms with Crippen LogP contribution in [0, 0.1) is 0 Å². The molecule has 0 spiro atoms. The average molecular weight is 528 g/mol. The molecule has 0 atom stereocenters. The van der Waals surface area contributed by atoms with Crippen LogP contribution in [0.4, 0.5) is 0 Å². The fraction of sp³-hybridized carbons (Fsp3) is 0.111. The predicted molar refractivity (Wildman–Crippen MR) is 142 cm³/mol. The lowest BCUT2D eigenvalue weighted by Gasteiger charge is -2.14. The van der Waals surface area contributed by atoms with Gasteiger partial charge in [-0.05, 0) is 46.2 Å². The van der Waals surface area contributed by atoms with Gasteiger partial charge in [0, 0.05) is 15.6 Å². The maximum Gasteiger partial charge on any atom is 0.244 e. The third kappa shape index (κ3) is 6.25. The van der Waals surface area contributed by atoms with Gasteiger partial charge in [0.15, 0.2) is 11.5 Å². The highest BCUT2D eigenvalue weighted by molar-refractivity contribution is 6.35. The number of halogens is 3. The standard InChI is InChI=1S/C27H21Cl3N2O3/c1-34-25-12-17(11-24(30)27(25)35-16-20-9-10-21(28)14-23(20)29)15-31-32-26(33)13-19-7-4-6-18-5-2-3-8-22(18)19/h2-12,14-15H,13,16H2,1H3,(H,32,33)/b31-15-. The topological polar surface area (TPSA) is 59.9 Å². The molecule has 0 heterocycles. The predicted octanol–water partition coefficient (Wildman–Crippen LogP) is 7.08. The molecule has 0 bridgehead atoms. The van der Waals surface area contributed by atoms with Crippen LogP contribution in [0.3, 0.4) is 0 Å². The van der Waals surface area contributed by atoms with Crippen molar-refractivity contribution in [2.24, 2.45) is 5.10 Å². The van der Waals surface area contributed by atoms with E-state index in [1.54, 1.807) is 30.3 Å². The lowest BCUT2D eigenvalue weighted by molar-refractivity contribution is -0.120. The monoisotopic (exact) mass is 526 g/mol. The number of amides is 1. The van der Waals surface area contributed by atoms with Gasteiger partial charge in [-0.25, -0.2) is 5.43 Å². The quantitative estimate of drug-likeness (QED) is 0.197. The molecule has 5 nitrogen and oxygen atoms in total. The van der Waals surface area contributed by atoms with Crippen LogP contribution in [0.15, 0.2) is 77.9 Å². The minimum Gasteiger partial charge on any atom is -0.493 e. The SMILES string of the molecule is COc1cc(/C=N\NC(=O)Cc2cccc3ccccc23)cc(Cl)c1OCc1ccc(Cl)cc1Cl. The van der Waals surface area contributed by atoms with Gasteiger partial charge in [-0.3, -0.25) is 4.79 Å². The molecule has 0 fully saturated rings. The first-order valence-corrected chi connectivity index (χ1v) is 11.8. The number of nitrogens with zero attached hydrogens (tertiary/aromatic N) is 1. The summed E-state index contributed by atoms with van der Waals surface area (Å²) in [5, 5.41) is 7.57. The number of rotatable bonds is 8. The van der Waals surface area contributed by atoms with Crippen molar-refractivity contribution in [3.05, 3.63) is 105 Å². The Bertz CT molecular complexity index is 1400. The Labute approximate surface area is 218 Å². The Morgan fingerprint density at radius 1 is 0.943 bits per heavy atom. The summed E-state index contributed by atoms with van der Waals surface area (Å²) in [6.07, 6.45) is 1.71. The van der Waals surface area contributed by atoms with Crippen molar-refractivity contribution in [3.63, 3.8) is 0 Å². The van der Waals surface area contributed by atoms with Gasteiger partial charge in [-0.2, -0.15) is 5.10 Å². The molecule has 1 N–H and O–H groups in total. The molecule has 0 aliphatic heterocycles. The summed E-state index contributed by atoms with van der Waals surface area (Å²) in [6.45, 7) is 0.184. The first-order valence-electron chi connectivity index (χ1n) is 10.7. The van der Waals surface area contributed by atoms with Gasteiger partial charge >= 0.3 is 0 Å². The van der Waals surface area contributed by atoms with E-state index in [-0.39, 0.29) is 18.9 Å². The van der Waals surface area contributed by atoms with Gasteiger partial charge in [0.1, 0.15) is 6.61 Å². The van der Waals surface area contributed by atoms with Crippen LogP contribution in [-0.4, -0.2) is 19.2 Å². The molecule has 4 aromatic rings. The lowest BCUT2D eigenvalue weighted by atomic mass is 10.0. The number of carbonyl (C=O) groups excluding carboxylic acids is 1. The number of fused-ring (bicyclic) bond motifs is 1. The fourth-order valence-electron chi connectivity index (χ4n) is 3.58. The molecule has 0 saturated heterocycles. The van der Waals surface area contributed by atoms with E-state index in [1.807, 2.05) is 42.5 Å². The van der Waals surface area contributed by atoms with Gasteiger partial charge in [-0.15, -0.1) is 0 Å². The average Bonchev–Trinajstić information content (AvgIpc) is 2.84. The van der Waals surface area contributed by atoms with Crippen molar-refractivity contribution in [2.75, 3.05) is 7.11 Å². The van der Waals surface area contributed by atoms with Crippen LogP contribution in [0.1, 0.15) is 16.7 Å². The maximum atomic E-state index is 12.4. The summed E-state index contributed by atoms with van der Waals surface area (Å²) in [7, 11) is 1.51. The Balaban J connectivity index is 1.42. The number of carbonyl (C=O) groups is 1. The van der Waals surface area contributed by atoms with Crippen molar-refractivity contribution in [1.29, 1.82) is 0 Å². The second kappa shape index (κ2) is 11.5. The van der Waals surface area contributed by atoms with E-state index in [2.05, 4.69) is 10.5 Å². The highest BCUT2D eigenvalue weighted by atomic mass is 35.5. The third-order valence-corrected chi connectivity index (χ3v) is 6.14. The second-order valence-electron chi connectivity index (χ2n) is 7.67. The zero-order valence-corrected chi connectivity index (χ0v) is 21.0. The molecule has 0 aliphatic carbocycles. The van der Waals surface area contributed by atoms with Crippen LogP contribution < -0.4 is 14.9 Å². The Hall–Kier alpha value is -3.25. The molecule has 4 aromatic carbocycles. The number of hydrazone groups is 1. The van der Waals surface area contributed by atoms with Gasteiger partial charge in [0.2, 0.25) is 5.91 Å². The van der Waals surface area contributed by atoms with Gasteiger partial charge in [0.25, 0.3) is 0 Å². The summed E-state index contributed by atoms with van der Waals surface area (Å²) in [6, 6.07) is 22.4. The van der Waals surface area contributed by atoms with Crippen LogP contribution >= 0.6 is 34.8 Å². The highest BCUT2D eigenvalue weighted by Crippen LogP contribution is 2.37. The van der Waals surface area contributed by atoms with E-state index < -0.39 is 0 Å². The van der Waals surface area contributed by atoms with Crippen molar-refractivity contribution in [2.45, 2.75) is 13.0 Å². The van der Waals surface area contributed by atoms with Crippen LogP contribution in [0.2, 0.25) is 15.1 Å². The lowest BCUT2D eigenvalue weighted by Crippen LogP contribution is -2.19. The van der Waals surface area contributed by atoms with Crippen LogP contribution in [0.25, 0.3) is 10.8 Å². The highest BCUT2D eigenvalue weighted by Gasteiger charge is 2.13. The Kier molecular flexibility index (Phi) is 8.13. The molecule has 1 amide bonds. The van der Waals surface area contributed by atoms with Crippen LogP contribution in [-0.2, 0) is 17.8 Å². The molecule has 178 valence electrons. The minimum absolute atomic E-state index is 0.184. The number of benzene rings is 4. The third-order valence-electron chi connectivity index (χ3n) is 5.27. The Morgan fingerprint density at radius 2 is 1.74 bits per heavy atom. The maximum absolute atomic E-state index is 12.4. The molecular weight excluding hydrogens is 507 g/mol. The summed E-state index contributed by atoms with van der Waals surface area (Å²) in [4.78, 5) is 12.4.